The average Bonchev–Trinajstić information content (AvgIpc) is 2.64. The highest BCUT2D eigenvalue weighted by Gasteiger charge is 2.21. The van der Waals surface area contributed by atoms with Crippen LogP contribution in [-0.4, -0.2) is 36.0 Å². The number of nitrogens with one attached hydrogen (secondary N) is 3. The quantitative estimate of drug-likeness (QED) is 0.794. The highest BCUT2D eigenvalue weighted by atomic mass is 35.5. The molecule has 2 aromatic heterocycles. The summed E-state index contributed by atoms with van der Waals surface area (Å²) in [5, 5.41) is 9.62. The first-order valence-corrected chi connectivity index (χ1v) is 8.37. The summed E-state index contributed by atoms with van der Waals surface area (Å²) in [6.45, 7) is 1.68. The fourth-order valence-electron chi connectivity index (χ4n) is 2.73. The molecule has 0 spiro atoms. The van der Waals surface area contributed by atoms with E-state index in [4.69, 9.17) is 11.6 Å². The van der Waals surface area contributed by atoms with Crippen molar-refractivity contribution in [2.45, 2.75) is 12.8 Å². The highest BCUT2D eigenvalue weighted by molar-refractivity contribution is 6.33. The molecule has 1 aliphatic rings. The van der Waals surface area contributed by atoms with E-state index in [1.165, 1.54) is 0 Å². The van der Waals surface area contributed by atoms with Crippen molar-refractivity contribution in [1.29, 1.82) is 0 Å². The summed E-state index contributed by atoms with van der Waals surface area (Å²) < 4.78 is 0. The summed E-state index contributed by atoms with van der Waals surface area (Å²) in [6, 6.07) is 7.41. The Morgan fingerprint density at radius 2 is 2.25 bits per heavy atom. The van der Waals surface area contributed by atoms with E-state index in [0.717, 1.165) is 36.5 Å². The molecule has 1 amide bonds. The van der Waals surface area contributed by atoms with Crippen molar-refractivity contribution in [2.75, 3.05) is 30.8 Å². The van der Waals surface area contributed by atoms with Gasteiger partial charge in [0, 0.05) is 25.4 Å². The lowest BCUT2D eigenvalue weighted by Gasteiger charge is -2.21. The van der Waals surface area contributed by atoms with Crippen molar-refractivity contribution in [2.24, 2.45) is 5.92 Å². The van der Waals surface area contributed by atoms with Crippen molar-refractivity contribution in [1.82, 2.24) is 15.3 Å². The van der Waals surface area contributed by atoms with E-state index in [2.05, 4.69) is 25.9 Å². The molecule has 6 nitrogen and oxygen atoms in total. The van der Waals surface area contributed by atoms with E-state index in [-0.39, 0.29) is 11.8 Å². The molecule has 1 saturated heterocycles. The monoisotopic (exact) mass is 345 g/mol. The van der Waals surface area contributed by atoms with Gasteiger partial charge in [0.05, 0.1) is 16.6 Å². The Kier molecular flexibility index (Phi) is 5.27. The molecule has 3 rings (SSSR count). The maximum absolute atomic E-state index is 12.4. The Balaban J connectivity index is 1.81. The van der Waals surface area contributed by atoms with Crippen LogP contribution in [0, 0.1) is 5.92 Å². The molecule has 0 saturated carbocycles. The Morgan fingerprint density at radius 3 is 3.00 bits per heavy atom. The molecule has 7 heteroatoms. The number of carbonyl (C=O) groups is 1. The lowest BCUT2D eigenvalue weighted by Crippen LogP contribution is -2.37. The third-order valence-electron chi connectivity index (χ3n) is 4.06. The standard InChI is InChI=1S/C17H20ClN5O/c1-19-15-6-2-5-14(22-15)12-8-16(21-10-13(12)18)23-17(24)11-4-3-7-20-9-11/h2,5-6,8,10-11,20H,3-4,7,9H2,1H3,(H,19,22)(H,21,23,24). The molecule has 3 N–H and O–H groups in total. The number of anilines is 2. The van der Waals surface area contributed by atoms with Gasteiger partial charge in [0.25, 0.3) is 0 Å². The van der Waals surface area contributed by atoms with Crippen LogP contribution < -0.4 is 16.0 Å². The van der Waals surface area contributed by atoms with Gasteiger partial charge in [0.15, 0.2) is 0 Å². The van der Waals surface area contributed by atoms with Gasteiger partial charge in [-0.2, -0.15) is 0 Å². The molecule has 3 heterocycles. The Labute approximate surface area is 146 Å². The summed E-state index contributed by atoms with van der Waals surface area (Å²) in [7, 11) is 1.81. The SMILES string of the molecule is CNc1cccc(-c2cc(NC(=O)C3CCCNC3)ncc2Cl)n1. The molecule has 126 valence electrons. The van der Waals surface area contributed by atoms with Crippen LogP contribution in [0.5, 0.6) is 0 Å². The van der Waals surface area contributed by atoms with Crippen molar-refractivity contribution in [3.63, 3.8) is 0 Å². The molecule has 1 fully saturated rings. The number of halogens is 1. The minimum atomic E-state index is -0.0228. The molecule has 2 aromatic rings. The number of amides is 1. The molecule has 1 unspecified atom stereocenters. The first kappa shape index (κ1) is 16.7. The number of hydrogen-bond acceptors (Lipinski definition) is 5. The van der Waals surface area contributed by atoms with Crippen LogP contribution in [0.4, 0.5) is 11.6 Å². The van der Waals surface area contributed by atoms with E-state index < -0.39 is 0 Å². The number of hydrogen-bond donors (Lipinski definition) is 3. The summed E-state index contributed by atoms with van der Waals surface area (Å²) >= 11 is 6.27. The molecule has 0 bridgehead atoms. The Bertz CT molecular complexity index is 731. The Hall–Kier alpha value is -2.18. The minimum absolute atomic E-state index is 0.0140. The Morgan fingerprint density at radius 1 is 1.38 bits per heavy atom. The molecule has 1 aliphatic heterocycles. The topological polar surface area (TPSA) is 78.9 Å². The van der Waals surface area contributed by atoms with Gasteiger partial charge in [-0.3, -0.25) is 4.79 Å². The molecule has 0 radical (unpaired) electrons. The van der Waals surface area contributed by atoms with E-state index in [1.54, 1.807) is 12.3 Å². The second kappa shape index (κ2) is 7.59. The number of pyridine rings is 2. The fraction of sp³-hybridized carbons (Fsp3) is 0.353. The van der Waals surface area contributed by atoms with E-state index >= 15 is 0 Å². The number of piperidine rings is 1. The largest absolute Gasteiger partial charge is 0.373 e. The predicted molar refractivity (Wildman–Crippen MR) is 96.2 cm³/mol. The number of rotatable bonds is 4. The van der Waals surface area contributed by atoms with Crippen molar-refractivity contribution in [3.05, 3.63) is 35.5 Å². The van der Waals surface area contributed by atoms with Gasteiger partial charge in [-0.05, 0) is 37.6 Å². The molecule has 1 atom stereocenters. The molecular formula is C17H20ClN5O. The van der Waals surface area contributed by atoms with Crippen LogP contribution in [0.2, 0.25) is 5.02 Å². The molecule has 0 aliphatic carbocycles. The van der Waals surface area contributed by atoms with Gasteiger partial charge in [-0.1, -0.05) is 17.7 Å². The zero-order chi connectivity index (χ0) is 16.9. The van der Waals surface area contributed by atoms with E-state index in [1.807, 2.05) is 25.2 Å². The molecular weight excluding hydrogens is 326 g/mol. The van der Waals surface area contributed by atoms with Gasteiger partial charge in [-0.25, -0.2) is 9.97 Å². The van der Waals surface area contributed by atoms with Gasteiger partial charge >= 0.3 is 0 Å². The maximum Gasteiger partial charge on any atom is 0.229 e. The van der Waals surface area contributed by atoms with Gasteiger partial charge in [0.1, 0.15) is 11.6 Å². The van der Waals surface area contributed by atoms with Crippen molar-refractivity contribution >= 4 is 29.1 Å². The summed E-state index contributed by atoms with van der Waals surface area (Å²) in [5.74, 6) is 1.20. The first-order chi connectivity index (χ1) is 11.7. The van der Waals surface area contributed by atoms with Crippen LogP contribution in [0.1, 0.15) is 12.8 Å². The van der Waals surface area contributed by atoms with Crippen LogP contribution in [-0.2, 0) is 4.79 Å². The zero-order valence-corrected chi connectivity index (χ0v) is 14.2. The predicted octanol–water partition coefficient (Wildman–Crippen LogP) is 2.78. The van der Waals surface area contributed by atoms with Crippen LogP contribution in [0.15, 0.2) is 30.5 Å². The normalized spacial score (nSPS) is 17.3. The van der Waals surface area contributed by atoms with Gasteiger partial charge < -0.3 is 16.0 Å². The third-order valence-corrected chi connectivity index (χ3v) is 4.36. The highest BCUT2D eigenvalue weighted by Crippen LogP contribution is 2.29. The van der Waals surface area contributed by atoms with Crippen LogP contribution in [0.3, 0.4) is 0 Å². The first-order valence-electron chi connectivity index (χ1n) is 7.99. The second-order valence-corrected chi connectivity index (χ2v) is 6.15. The minimum Gasteiger partial charge on any atom is -0.373 e. The van der Waals surface area contributed by atoms with E-state index in [9.17, 15) is 4.79 Å². The lowest BCUT2D eigenvalue weighted by molar-refractivity contribution is -0.120. The summed E-state index contributed by atoms with van der Waals surface area (Å²) in [6.07, 6.45) is 3.45. The smallest absolute Gasteiger partial charge is 0.229 e. The van der Waals surface area contributed by atoms with Crippen LogP contribution >= 0.6 is 11.6 Å². The van der Waals surface area contributed by atoms with Crippen molar-refractivity contribution < 1.29 is 4.79 Å². The molecule has 24 heavy (non-hydrogen) atoms. The third kappa shape index (κ3) is 3.83. The van der Waals surface area contributed by atoms with Crippen LogP contribution in [0.25, 0.3) is 11.3 Å². The number of aromatic nitrogens is 2. The lowest BCUT2D eigenvalue weighted by atomic mass is 9.99. The molecule has 0 aromatic carbocycles. The summed E-state index contributed by atoms with van der Waals surface area (Å²) in [4.78, 5) is 21.1. The van der Waals surface area contributed by atoms with Crippen molar-refractivity contribution in [3.8, 4) is 11.3 Å². The zero-order valence-electron chi connectivity index (χ0n) is 13.5. The fourth-order valence-corrected chi connectivity index (χ4v) is 2.93. The number of nitrogens with zero attached hydrogens (tertiary/aromatic N) is 2. The average molecular weight is 346 g/mol. The van der Waals surface area contributed by atoms with Gasteiger partial charge in [0.2, 0.25) is 5.91 Å². The summed E-state index contributed by atoms with van der Waals surface area (Å²) in [5.41, 5.74) is 1.46. The van der Waals surface area contributed by atoms with E-state index in [0.29, 0.717) is 17.4 Å². The number of carbonyl (C=O) groups excluding carboxylic acids is 1. The van der Waals surface area contributed by atoms with Gasteiger partial charge in [-0.15, -0.1) is 0 Å². The maximum atomic E-state index is 12.4. The second-order valence-electron chi connectivity index (χ2n) is 5.74.